The fraction of sp³-hybridized carbons (Fsp3) is 0.400. The zero-order valence-electron chi connectivity index (χ0n) is 15.2. The first-order valence-corrected chi connectivity index (χ1v) is 8.95. The van der Waals surface area contributed by atoms with Crippen LogP contribution in [0.4, 0.5) is 0 Å². The van der Waals surface area contributed by atoms with Gasteiger partial charge in [-0.2, -0.15) is 0 Å². The monoisotopic (exact) mass is 352 g/mol. The summed E-state index contributed by atoms with van der Waals surface area (Å²) in [4.78, 5) is 34.9. The lowest BCUT2D eigenvalue weighted by atomic mass is 9.97. The van der Waals surface area contributed by atoms with Crippen molar-refractivity contribution in [1.82, 2.24) is 20.2 Å². The van der Waals surface area contributed by atoms with Crippen LogP contribution in [0.25, 0.3) is 0 Å². The van der Waals surface area contributed by atoms with Crippen molar-refractivity contribution in [3.8, 4) is 0 Å². The van der Waals surface area contributed by atoms with Crippen molar-refractivity contribution in [3.63, 3.8) is 0 Å². The Balaban J connectivity index is 1.67. The second-order valence-electron chi connectivity index (χ2n) is 6.70. The van der Waals surface area contributed by atoms with E-state index in [0.29, 0.717) is 30.2 Å². The van der Waals surface area contributed by atoms with Gasteiger partial charge in [-0.25, -0.2) is 9.97 Å². The van der Waals surface area contributed by atoms with Gasteiger partial charge in [-0.3, -0.25) is 9.59 Å². The van der Waals surface area contributed by atoms with E-state index >= 15 is 0 Å². The summed E-state index contributed by atoms with van der Waals surface area (Å²) in [5, 5.41) is 2.91. The molecule has 1 N–H and O–H groups in total. The molecule has 0 unspecified atom stereocenters. The minimum absolute atomic E-state index is 0.0864. The van der Waals surface area contributed by atoms with Gasteiger partial charge in [0.15, 0.2) is 0 Å². The molecule has 1 atom stereocenters. The van der Waals surface area contributed by atoms with Crippen LogP contribution in [0.15, 0.2) is 36.5 Å². The number of nitrogens with zero attached hydrogens (tertiary/aromatic N) is 3. The molecule has 6 heteroatoms. The van der Waals surface area contributed by atoms with Crippen molar-refractivity contribution in [2.45, 2.75) is 39.2 Å². The van der Waals surface area contributed by atoms with Crippen LogP contribution in [0.5, 0.6) is 0 Å². The van der Waals surface area contributed by atoms with Gasteiger partial charge < -0.3 is 10.2 Å². The standard InChI is InChI=1S/C20H24N4O2/c1-14-18(20(26)22-11-16-7-4-3-5-8-16)12-21-19(23-14)17-9-6-10-24(13-17)15(2)25/h3-5,7-8,12,17H,6,9-11,13H2,1-2H3,(H,22,26)/t17-/m0/s1. The third kappa shape index (κ3) is 4.25. The number of carbonyl (C=O) groups excluding carboxylic acids is 2. The van der Waals surface area contributed by atoms with Crippen LogP contribution in [-0.2, 0) is 11.3 Å². The molecular weight excluding hydrogens is 328 g/mol. The molecule has 0 aliphatic carbocycles. The van der Waals surface area contributed by atoms with Crippen molar-refractivity contribution in [3.05, 3.63) is 59.2 Å². The topological polar surface area (TPSA) is 75.2 Å². The van der Waals surface area contributed by atoms with Crippen LogP contribution < -0.4 is 5.32 Å². The molecule has 1 saturated heterocycles. The molecule has 136 valence electrons. The fourth-order valence-electron chi connectivity index (χ4n) is 3.25. The average molecular weight is 352 g/mol. The Bertz CT molecular complexity index is 792. The van der Waals surface area contributed by atoms with Crippen molar-refractivity contribution in [2.24, 2.45) is 0 Å². The number of hydrogen-bond donors (Lipinski definition) is 1. The second-order valence-corrected chi connectivity index (χ2v) is 6.70. The Morgan fingerprint density at radius 3 is 2.73 bits per heavy atom. The van der Waals surface area contributed by atoms with E-state index in [1.807, 2.05) is 42.2 Å². The van der Waals surface area contributed by atoms with E-state index in [1.165, 1.54) is 0 Å². The summed E-state index contributed by atoms with van der Waals surface area (Å²) < 4.78 is 0. The Morgan fingerprint density at radius 1 is 1.27 bits per heavy atom. The first kappa shape index (κ1) is 18.0. The Kier molecular flexibility index (Phi) is 5.61. The predicted molar refractivity (Wildman–Crippen MR) is 98.6 cm³/mol. The van der Waals surface area contributed by atoms with E-state index in [0.717, 1.165) is 24.9 Å². The summed E-state index contributed by atoms with van der Waals surface area (Å²) in [6.45, 7) is 5.33. The number of piperidine rings is 1. The van der Waals surface area contributed by atoms with Crippen LogP contribution in [0.2, 0.25) is 0 Å². The van der Waals surface area contributed by atoms with Crippen LogP contribution in [0.3, 0.4) is 0 Å². The number of carbonyl (C=O) groups is 2. The van der Waals surface area contributed by atoms with E-state index in [4.69, 9.17) is 0 Å². The SMILES string of the molecule is CC(=O)N1CCC[C@H](c2ncc(C(=O)NCc3ccccc3)c(C)n2)C1. The van der Waals surface area contributed by atoms with Crippen LogP contribution >= 0.6 is 0 Å². The highest BCUT2D eigenvalue weighted by atomic mass is 16.2. The smallest absolute Gasteiger partial charge is 0.254 e. The molecule has 2 amide bonds. The number of rotatable bonds is 4. The molecule has 1 aliphatic heterocycles. The molecule has 2 heterocycles. The molecule has 6 nitrogen and oxygen atoms in total. The second kappa shape index (κ2) is 8.08. The molecule has 2 aromatic rings. The van der Waals surface area contributed by atoms with Crippen molar-refractivity contribution < 1.29 is 9.59 Å². The maximum absolute atomic E-state index is 12.4. The number of nitrogens with one attached hydrogen (secondary N) is 1. The first-order chi connectivity index (χ1) is 12.5. The first-order valence-electron chi connectivity index (χ1n) is 8.95. The minimum Gasteiger partial charge on any atom is -0.348 e. The van der Waals surface area contributed by atoms with Crippen molar-refractivity contribution in [2.75, 3.05) is 13.1 Å². The number of aromatic nitrogens is 2. The predicted octanol–water partition coefficient (Wildman–Crippen LogP) is 2.44. The number of aryl methyl sites for hydroxylation is 1. The molecule has 0 saturated carbocycles. The Hall–Kier alpha value is -2.76. The van der Waals surface area contributed by atoms with Gasteiger partial charge in [0.1, 0.15) is 5.82 Å². The molecule has 26 heavy (non-hydrogen) atoms. The van der Waals surface area contributed by atoms with Gasteiger partial charge in [-0.15, -0.1) is 0 Å². The van der Waals surface area contributed by atoms with Gasteiger partial charge >= 0.3 is 0 Å². The van der Waals surface area contributed by atoms with Gasteiger partial charge in [-0.05, 0) is 25.3 Å². The maximum atomic E-state index is 12.4. The van der Waals surface area contributed by atoms with E-state index in [2.05, 4.69) is 15.3 Å². The van der Waals surface area contributed by atoms with E-state index in [-0.39, 0.29) is 17.7 Å². The van der Waals surface area contributed by atoms with Crippen LogP contribution in [0, 0.1) is 6.92 Å². The molecule has 1 aromatic heterocycles. The van der Waals surface area contributed by atoms with Gasteiger partial charge in [0.2, 0.25) is 5.91 Å². The molecule has 0 spiro atoms. The third-order valence-corrected chi connectivity index (χ3v) is 4.77. The summed E-state index contributed by atoms with van der Waals surface area (Å²) in [6.07, 6.45) is 3.51. The van der Waals surface area contributed by atoms with Gasteiger partial charge in [0.25, 0.3) is 5.91 Å². The molecular formula is C20H24N4O2. The number of amides is 2. The number of benzene rings is 1. The number of hydrogen-bond acceptors (Lipinski definition) is 4. The normalized spacial score (nSPS) is 17.0. The quantitative estimate of drug-likeness (QED) is 0.917. The molecule has 0 bridgehead atoms. The zero-order valence-corrected chi connectivity index (χ0v) is 15.2. The fourth-order valence-corrected chi connectivity index (χ4v) is 3.25. The van der Waals surface area contributed by atoms with Gasteiger partial charge in [-0.1, -0.05) is 30.3 Å². The molecule has 1 fully saturated rings. The molecule has 3 rings (SSSR count). The largest absolute Gasteiger partial charge is 0.348 e. The average Bonchev–Trinajstić information content (AvgIpc) is 2.67. The van der Waals surface area contributed by atoms with E-state index in [9.17, 15) is 9.59 Å². The van der Waals surface area contributed by atoms with Gasteiger partial charge in [0, 0.05) is 38.7 Å². The highest BCUT2D eigenvalue weighted by Gasteiger charge is 2.25. The lowest BCUT2D eigenvalue weighted by Crippen LogP contribution is -2.38. The lowest BCUT2D eigenvalue weighted by molar-refractivity contribution is -0.130. The summed E-state index contributed by atoms with van der Waals surface area (Å²) in [5.74, 6) is 0.760. The highest BCUT2D eigenvalue weighted by molar-refractivity contribution is 5.94. The van der Waals surface area contributed by atoms with Crippen LogP contribution in [0.1, 0.15) is 53.1 Å². The zero-order chi connectivity index (χ0) is 18.5. The van der Waals surface area contributed by atoms with Gasteiger partial charge in [0.05, 0.1) is 11.3 Å². The summed E-state index contributed by atoms with van der Waals surface area (Å²) >= 11 is 0. The van der Waals surface area contributed by atoms with E-state index < -0.39 is 0 Å². The summed E-state index contributed by atoms with van der Waals surface area (Å²) in [6, 6.07) is 9.77. The minimum atomic E-state index is -0.174. The van der Waals surface area contributed by atoms with Crippen molar-refractivity contribution >= 4 is 11.8 Å². The molecule has 0 radical (unpaired) electrons. The molecule has 1 aromatic carbocycles. The maximum Gasteiger partial charge on any atom is 0.254 e. The lowest BCUT2D eigenvalue weighted by Gasteiger charge is -2.31. The Labute approximate surface area is 153 Å². The Morgan fingerprint density at radius 2 is 2.04 bits per heavy atom. The third-order valence-electron chi connectivity index (χ3n) is 4.77. The molecule has 1 aliphatic rings. The van der Waals surface area contributed by atoms with Crippen molar-refractivity contribution in [1.29, 1.82) is 0 Å². The van der Waals surface area contributed by atoms with E-state index in [1.54, 1.807) is 13.1 Å². The summed E-state index contributed by atoms with van der Waals surface area (Å²) in [5.41, 5.74) is 2.20. The number of likely N-dealkylation sites (tertiary alicyclic amines) is 1. The van der Waals surface area contributed by atoms with Crippen LogP contribution in [-0.4, -0.2) is 39.8 Å². The highest BCUT2D eigenvalue weighted by Crippen LogP contribution is 2.25. The summed E-state index contributed by atoms with van der Waals surface area (Å²) in [7, 11) is 0.